The van der Waals surface area contributed by atoms with Gasteiger partial charge in [0.05, 0.1) is 17.1 Å². The maximum atomic E-state index is 14.0. The van der Waals surface area contributed by atoms with Gasteiger partial charge in [-0.05, 0) is 67.6 Å². The van der Waals surface area contributed by atoms with Crippen molar-refractivity contribution in [2.24, 2.45) is 0 Å². The SMILES string of the molecule is Cc1ccc(-c2cc(C(F)(F)F)nc(-n3nc(-c4ccc(OC(F)F)cc4)cc3-c3ccc(OC(F)F)cc3)n2)cc1. The molecule has 3 aromatic carbocycles. The van der Waals surface area contributed by atoms with E-state index in [0.717, 1.165) is 16.3 Å². The molecule has 0 N–H and O–H groups in total. The first-order valence-corrected chi connectivity index (χ1v) is 12.2. The fraction of sp³-hybridized carbons (Fsp3) is 0.138. The Balaban J connectivity index is 1.67. The molecule has 0 fully saturated rings. The molecule has 0 saturated carbocycles. The number of aryl methyl sites for hydroxylation is 1. The van der Waals surface area contributed by atoms with Crippen LogP contribution in [-0.2, 0) is 6.18 Å². The quantitative estimate of drug-likeness (QED) is 0.171. The molecule has 2 aromatic heterocycles. The van der Waals surface area contributed by atoms with E-state index in [2.05, 4.69) is 24.5 Å². The molecule has 216 valence electrons. The fourth-order valence-electron chi connectivity index (χ4n) is 4.04. The van der Waals surface area contributed by atoms with Gasteiger partial charge in [0.1, 0.15) is 11.5 Å². The Labute approximate surface area is 234 Å². The van der Waals surface area contributed by atoms with Gasteiger partial charge in [0.25, 0.3) is 5.95 Å². The molecule has 0 aliphatic heterocycles. The highest BCUT2D eigenvalue weighted by molar-refractivity contribution is 5.71. The molecule has 0 unspecified atom stereocenters. The average Bonchev–Trinajstić information content (AvgIpc) is 3.38. The first kappa shape index (κ1) is 28.6. The molecular weight excluding hydrogens is 569 g/mol. The zero-order valence-electron chi connectivity index (χ0n) is 21.5. The summed E-state index contributed by atoms with van der Waals surface area (Å²) in [7, 11) is 0. The molecule has 13 heteroatoms. The van der Waals surface area contributed by atoms with Gasteiger partial charge in [-0.25, -0.2) is 9.97 Å². The van der Waals surface area contributed by atoms with Crippen molar-refractivity contribution in [3.63, 3.8) is 0 Å². The maximum Gasteiger partial charge on any atom is 0.433 e. The van der Waals surface area contributed by atoms with Gasteiger partial charge in [-0.1, -0.05) is 29.8 Å². The van der Waals surface area contributed by atoms with E-state index in [1.807, 2.05) is 6.92 Å². The smallest absolute Gasteiger partial charge is 0.433 e. The summed E-state index contributed by atoms with van der Waals surface area (Å²) >= 11 is 0. The lowest BCUT2D eigenvalue weighted by molar-refractivity contribution is -0.141. The van der Waals surface area contributed by atoms with Crippen LogP contribution in [0.4, 0.5) is 30.7 Å². The molecule has 0 bridgehead atoms. The van der Waals surface area contributed by atoms with Crippen molar-refractivity contribution in [3.8, 4) is 51.2 Å². The Kier molecular flexibility index (Phi) is 7.83. The molecule has 0 spiro atoms. The van der Waals surface area contributed by atoms with E-state index in [1.54, 1.807) is 24.3 Å². The van der Waals surface area contributed by atoms with Crippen LogP contribution in [0.5, 0.6) is 11.5 Å². The molecule has 2 heterocycles. The van der Waals surface area contributed by atoms with Crippen molar-refractivity contribution in [1.29, 1.82) is 0 Å². The lowest BCUT2D eigenvalue weighted by atomic mass is 10.1. The van der Waals surface area contributed by atoms with Gasteiger partial charge in [-0.3, -0.25) is 0 Å². The van der Waals surface area contributed by atoms with Crippen molar-refractivity contribution >= 4 is 0 Å². The van der Waals surface area contributed by atoms with Gasteiger partial charge in [-0.2, -0.15) is 40.5 Å². The molecule has 42 heavy (non-hydrogen) atoms. The summed E-state index contributed by atoms with van der Waals surface area (Å²) in [5.41, 5.74) is 1.32. The van der Waals surface area contributed by atoms with Crippen LogP contribution < -0.4 is 9.47 Å². The Morgan fingerprint density at radius 1 is 0.643 bits per heavy atom. The Hall–Kier alpha value is -4.94. The Morgan fingerprint density at radius 2 is 1.14 bits per heavy atom. The lowest BCUT2D eigenvalue weighted by Gasteiger charge is -2.13. The molecule has 0 amide bonds. The summed E-state index contributed by atoms with van der Waals surface area (Å²) in [6.07, 6.45) is -4.82. The molecule has 6 nitrogen and oxygen atoms in total. The summed E-state index contributed by atoms with van der Waals surface area (Å²) in [4.78, 5) is 8.13. The van der Waals surface area contributed by atoms with E-state index in [4.69, 9.17) is 0 Å². The third kappa shape index (κ3) is 6.51. The van der Waals surface area contributed by atoms with Crippen molar-refractivity contribution in [2.75, 3.05) is 0 Å². The van der Waals surface area contributed by atoms with Gasteiger partial charge in [0, 0.05) is 16.7 Å². The molecule has 5 aromatic rings. The summed E-state index contributed by atoms with van der Waals surface area (Å²) < 4.78 is 102. The second-order valence-corrected chi connectivity index (χ2v) is 8.93. The lowest BCUT2D eigenvalue weighted by Crippen LogP contribution is -2.14. The summed E-state index contributed by atoms with van der Waals surface area (Å²) in [6.45, 7) is -4.25. The molecular formula is C29H19F7N4O2. The van der Waals surface area contributed by atoms with Gasteiger partial charge < -0.3 is 9.47 Å². The third-order valence-electron chi connectivity index (χ3n) is 6.00. The van der Waals surface area contributed by atoms with Crippen LogP contribution in [0, 0.1) is 6.92 Å². The molecule has 0 atom stereocenters. The minimum atomic E-state index is -4.82. The van der Waals surface area contributed by atoms with Crippen LogP contribution >= 0.6 is 0 Å². The molecule has 0 aliphatic rings. The van der Waals surface area contributed by atoms with E-state index >= 15 is 0 Å². The van der Waals surface area contributed by atoms with Crippen molar-refractivity contribution in [1.82, 2.24) is 19.7 Å². The number of nitrogens with zero attached hydrogens (tertiary/aromatic N) is 4. The second-order valence-electron chi connectivity index (χ2n) is 8.93. The van der Waals surface area contributed by atoms with E-state index < -0.39 is 31.0 Å². The van der Waals surface area contributed by atoms with E-state index in [-0.39, 0.29) is 28.6 Å². The molecule has 0 saturated heterocycles. The van der Waals surface area contributed by atoms with Crippen LogP contribution in [0.15, 0.2) is 84.9 Å². The van der Waals surface area contributed by atoms with Gasteiger partial charge in [0.2, 0.25) is 0 Å². The number of benzene rings is 3. The number of halogens is 7. The zero-order chi connectivity index (χ0) is 30.0. The number of aromatic nitrogens is 4. The summed E-state index contributed by atoms with van der Waals surface area (Å²) in [6, 6.07) is 19.9. The van der Waals surface area contributed by atoms with Gasteiger partial charge in [-0.15, -0.1) is 0 Å². The minimum Gasteiger partial charge on any atom is -0.435 e. The molecule has 0 aliphatic carbocycles. The highest BCUT2D eigenvalue weighted by atomic mass is 19.4. The normalized spacial score (nSPS) is 11.8. The van der Waals surface area contributed by atoms with Gasteiger partial charge >= 0.3 is 19.4 Å². The first-order chi connectivity index (χ1) is 20.0. The van der Waals surface area contributed by atoms with Crippen LogP contribution in [0.1, 0.15) is 11.3 Å². The van der Waals surface area contributed by atoms with Crippen LogP contribution in [0.2, 0.25) is 0 Å². The van der Waals surface area contributed by atoms with Gasteiger partial charge in [0.15, 0.2) is 5.69 Å². The fourth-order valence-corrected chi connectivity index (χ4v) is 4.04. The third-order valence-corrected chi connectivity index (χ3v) is 6.00. The van der Waals surface area contributed by atoms with E-state index in [1.165, 1.54) is 54.6 Å². The second kappa shape index (κ2) is 11.5. The predicted molar refractivity (Wildman–Crippen MR) is 138 cm³/mol. The molecule has 0 radical (unpaired) electrons. The predicted octanol–water partition coefficient (Wildman–Crippen LogP) is 8.19. The number of hydrogen-bond donors (Lipinski definition) is 0. The van der Waals surface area contributed by atoms with Crippen molar-refractivity contribution in [2.45, 2.75) is 26.3 Å². The van der Waals surface area contributed by atoms with E-state index in [0.29, 0.717) is 16.7 Å². The highest BCUT2D eigenvalue weighted by Crippen LogP contribution is 2.34. The minimum absolute atomic E-state index is 0.00972. The number of rotatable bonds is 8. The topological polar surface area (TPSA) is 62.1 Å². The van der Waals surface area contributed by atoms with E-state index in [9.17, 15) is 30.7 Å². The molecule has 5 rings (SSSR count). The first-order valence-electron chi connectivity index (χ1n) is 12.2. The number of alkyl halides is 7. The van der Waals surface area contributed by atoms with Crippen LogP contribution in [0.3, 0.4) is 0 Å². The summed E-state index contributed by atoms with van der Waals surface area (Å²) in [5.74, 6) is -0.647. The summed E-state index contributed by atoms with van der Waals surface area (Å²) in [5, 5.41) is 4.44. The zero-order valence-corrected chi connectivity index (χ0v) is 21.5. The number of hydrogen-bond acceptors (Lipinski definition) is 5. The van der Waals surface area contributed by atoms with Crippen LogP contribution in [0.25, 0.3) is 39.7 Å². The largest absolute Gasteiger partial charge is 0.435 e. The Bertz CT molecular complexity index is 1670. The van der Waals surface area contributed by atoms with Crippen LogP contribution in [-0.4, -0.2) is 33.0 Å². The monoisotopic (exact) mass is 588 g/mol. The number of ether oxygens (including phenoxy) is 2. The Morgan fingerprint density at radius 3 is 1.67 bits per heavy atom. The average molecular weight is 588 g/mol. The standard InChI is InChI=1S/C29H19F7N4O2/c1-16-2-4-17(5-3-16)22-15-25(29(34,35)36)38-28(37-22)40-24(19-8-12-21(13-9-19)42-27(32)33)14-23(39-40)18-6-10-20(11-7-18)41-26(30)31/h2-15,26-27H,1H3. The van der Waals surface area contributed by atoms with Crippen molar-refractivity contribution < 1.29 is 40.2 Å². The maximum absolute atomic E-state index is 14.0. The highest BCUT2D eigenvalue weighted by Gasteiger charge is 2.34. The van der Waals surface area contributed by atoms with Crippen molar-refractivity contribution in [3.05, 3.63) is 96.2 Å².